The van der Waals surface area contributed by atoms with E-state index in [-0.39, 0.29) is 6.04 Å². The van der Waals surface area contributed by atoms with Crippen LogP contribution in [0, 0.1) is 0 Å². The average molecular weight is 405 g/mol. The summed E-state index contributed by atoms with van der Waals surface area (Å²) in [6.45, 7) is 6.16. The molecule has 0 saturated carbocycles. The van der Waals surface area contributed by atoms with Crippen LogP contribution in [0.15, 0.2) is 42.6 Å². The number of likely N-dealkylation sites (N-methyl/N-ethyl adjacent to an activating group) is 2. The number of fused-ring (bicyclic) bond motifs is 3. The summed E-state index contributed by atoms with van der Waals surface area (Å²) in [4.78, 5) is 13.7. The van der Waals surface area contributed by atoms with Gasteiger partial charge in [-0.05, 0) is 64.3 Å². The number of hydrogen-bond acceptors (Lipinski definition) is 7. The molecule has 2 heterocycles. The number of rotatable bonds is 7. The van der Waals surface area contributed by atoms with Crippen molar-refractivity contribution in [2.24, 2.45) is 0 Å². The van der Waals surface area contributed by atoms with E-state index >= 15 is 0 Å². The lowest BCUT2D eigenvalue weighted by Gasteiger charge is -2.21. The Kier molecular flexibility index (Phi) is 5.50. The second-order valence-corrected chi connectivity index (χ2v) is 8.09. The molecule has 0 aliphatic heterocycles. The van der Waals surface area contributed by atoms with Crippen LogP contribution >= 0.6 is 0 Å². The average Bonchev–Trinajstić information content (AvgIpc) is 3.17. The Balaban J connectivity index is 1.59. The fraction of sp³-hybridized carbons (Fsp3) is 0.364. The van der Waals surface area contributed by atoms with Crippen LogP contribution in [0.3, 0.4) is 0 Å². The van der Waals surface area contributed by atoms with Crippen molar-refractivity contribution in [1.82, 2.24) is 29.9 Å². The molecule has 0 unspecified atom stereocenters. The Morgan fingerprint density at radius 1 is 1.00 bits per heavy atom. The van der Waals surface area contributed by atoms with Crippen molar-refractivity contribution in [2.45, 2.75) is 19.9 Å². The van der Waals surface area contributed by atoms with Gasteiger partial charge < -0.3 is 15.1 Å². The number of benzene rings is 2. The minimum atomic E-state index is 0.198. The van der Waals surface area contributed by atoms with Crippen LogP contribution in [-0.4, -0.2) is 64.1 Å². The molecule has 0 atom stereocenters. The fourth-order valence-electron chi connectivity index (χ4n) is 3.35. The van der Waals surface area contributed by atoms with Gasteiger partial charge in [-0.25, -0.2) is 14.6 Å². The second-order valence-electron chi connectivity index (χ2n) is 8.09. The van der Waals surface area contributed by atoms with Crippen LogP contribution in [0.5, 0.6) is 0 Å². The van der Waals surface area contributed by atoms with Crippen LogP contribution in [-0.2, 0) is 0 Å². The zero-order chi connectivity index (χ0) is 21.3. The Bertz CT molecular complexity index is 1150. The molecule has 0 radical (unpaired) electrons. The van der Waals surface area contributed by atoms with E-state index in [4.69, 9.17) is 4.98 Å². The molecular formula is C22H28N8. The summed E-state index contributed by atoms with van der Waals surface area (Å²) >= 11 is 0. The van der Waals surface area contributed by atoms with Gasteiger partial charge in [0.15, 0.2) is 0 Å². The molecule has 0 bridgehead atoms. The normalized spacial score (nSPS) is 11.7. The number of nitrogens with one attached hydrogen (secondary N) is 1. The Morgan fingerprint density at radius 3 is 2.47 bits per heavy atom. The minimum Gasteiger partial charge on any atom is -0.373 e. The van der Waals surface area contributed by atoms with Gasteiger partial charge in [-0.15, -0.1) is 5.10 Å². The first kappa shape index (κ1) is 20.0. The van der Waals surface area contributed by atoms with Gasteiger partial charge in [-0.2, -0.15) is 0 Å². The van der Waals surface area contributed by atoms with Crippen molar-refractivity contribution in [3.8, 4) is 0 Å². The molecule has 0 aliphatic carbocycles. The van der Waals surface area contributed by atoms with Gasteiger partial charge in [0.25, 0.3) is 0 Å². The van der Waals surface area contributed by atoms with Gasteiger partial charge in [0.05, 0.1) is 0 Å². The number of anilines is 3. The summed E-state index contributed by atoms with van der Waals surface area (Å²) < 4.78 is 1.91. The molecule has 30 heavy (non-hydrogen) atoms. The molecule has 8 heteroatoms. The highest BCUT2D eigenvalue weighted by molar-refractivity contribution is 6.01. The van der Waals surface area contributed by atoms with E-state index in [9.17, 15) is 0 Å². The second kappa shape index (κ2) is 8.23. The van der Waals surface area contributed by atoms with Crippen molar-refractivity contribution >= 4 is 39.3 Å². The molecule has 0 amide bonds. The molecule has 2 aromatic carbocycles. The van der Waals surface area contributed by atoms with E-state index in [0.29, 0.717) is 5.95 Å². The SMILES string of the molecule is CC(C)n1nnc2ccc3cnc(Nc4ccc(N(C)CCN(C)C)cc4)nc3c21. The molecule has 0 fully saturated rings. The molecular weight excluding hydrogens is 376 g/mol. The summed E-state index contributed by atoms with van der Waals surface area (Å²) in [6, 6.07) is 12.5. The molecule has 156 valence electrons. The Morgan fingerprint density at radius 2 is 1.77 bits per heavy atom. The highest BCUT2D eigenvalue weighted by atomic mass is 15.4. The third-order valence-corrected chi connectivity index (χ3v) is 5.12. The van der Waals surface area contributed by atoms with Crippen LogP contribution < -0.4 is 10.2 Å². The maximum absolute atomic E-state index is 4.78. The minimum absolute atomic E-state index is 0.198. The lowest BCUT2D eigenvalue weighted by molar-refractivity contribution is 0.416. The summed E-state index contributed by atoms with van der Waals surface area (Å²) in [5, 5.41) is 12.9. The number of aromatic nitrogens is 5. The van der Waals surface area contributed by atoms with Gasteiger partial charge >= 0.3 is 0 Å². The van der Waals surface area contributed by atoms with Crippen LogP contribution in [0.4, 0.5) is 17.3 Å². The van der Waals surface area contributed by atoms with Crippen molar-refractivity contribution in [3.63, 3.8) is 0 Å². The third kappa shape index (κ3) is 4.04. The Labute approximate surface area is 176 Å². The van der Waals surface area contributed by atoms with Gasteiger partial charge in [-0.3, -0.25) is 0 Å². The lowest BCUT2D eigenvalue weighted by atomic mass is 10.2. The molecule has 2 aromatic heterocycles. The van der Waals surface area contributed by atoms with E-state index in [0.717, 1.165) is 40.7 Å². The summed E-state index contributed by atoms with van der Waals surface area (Å²) in [5.41, 5.74) is 4.75. The molecule has 0 saturated heterocycles. The van der Waals surface area contributed by atoms with Crippen molar-refractivity contribution < 1.29 is 0 Å². The van der Waals surface area contributed by atoms with Crippen molar-refractivity contribution in [3.05, 3.63) is 42.6 Å². The molecule has 8 nitrogen and oxygen atoms in total. The predicted molar refractivity (Wildman–Crippen MR) is 123 cm³/mol. The maximum atomic E-state index is 4.78. The first-order valence-electron chi connectivity index (χ1n) is 10.2. The smallest absolute Gasteiger partial charge is 0.227 e. The molecule has 0 aliphatic rings. The first-order valence-corrected chi connectivity index (χ1v) is 10.2. The first-order chi connectivity index (χ1) is 14.4. The van der Waals surface area contributed by atoms with Gasteiger partial charge in [-0.1, -0.05) is 5.21 Å². The zero-order valence-electron chi connectivity index (χ0n) is 18.2. The third-order valence-electron chi connectivity index (χ3n) is 5.12. The molecule has 1 N–H and O–H groups in total. The van der Waals surface area contributed by atoms with E-state index < -0.39 is 0 Å². The van der Waals surface area contributed by atoms with Gasteiger partial charge in [0.1, 0.15) is 16.6 Å². The van der Waals surface area contributed by atoms with Crippen LogP contribution in [0.1, 0.15) is 19.9 Å². The quantitative estimate of drug-likeness (QED) is 0.503. The van der Waals surface area contributed by atoms with E-state index in [1.165, 1.54) is 5.69 Å². The summed E-state index contributed by atoms with van der Waals surface area (Å²) in [7, 11) is 6.28. The predicted octanol–water partition coefficient (Wildman–Crippen LogP) is 3.70. The maximum Gasteiger partial charge on any atom is 0.227 e. The zero-order valence-corrected chi connectivity index (χ0v) is 18.2. The van der Waals surface area contributed by atoms with Crippen LogP contribution in [0.25, 0.3) is 21.9 Å². The number of nitrogens with zero attached hydrogens (tertiary/aromatic N) is 7. The molecule has 4 aromatic rings. The van der Waals surface area contributed by atoms with Crippen molar-refractivity contribution in [2.75, 3.05) is 44.4 Å². The van der Waals surface area contributed by atoms with E-state index in [1.807, 2.05) is 23.0 Å². The Hall–Kier alpha value is -3.26. The lowest BCUT2D eigenvalue weighted by Crippen LogP contribution is -2.28. The topological polar surface area (TPSA) is 75.0 Å². The van der Waals surface area contributed by atoms with E-state index in [1.54, 1.807) is 0 Å². The van der Waals surface area contributed by atoms with Crippen LogP contribution in [0.2, 0.25) is 0 Å². The largest absolute Gasteiger partial charge is 0.373 e. The monoisotopic (exact) mass is 404 g/mol. The fourth-order valence-corrected chi connectivity index (χ4v) is 3.35. The van der Waals surface area contributed by atoms with E-state index in [2.05, 4.69) is 89.7 Å². The standard InChI is InChI=1S/C22H28N8/c1-15(2)30-21-19(26-27-30)11-6-16-14-23-22(25-20(16)21)24-17-7-9-18(10-8-17)29(5)13-12-28(3)4/h6-11,14-15H,12-13H2,1-5H3,(H,23,24,25). The summed E-state index contributed by atoms with van der Waals surface area (Å²) in [6.07, 6.45) is 1.84. The highest BCUT2D eigenvalue weighted by Crippen LogP contribution is 2.26. The van der Waals surface area contributed by atoms with Gasteiger partial charge in [0, 0.05) is 49.1 Å². The van der Waals surface area contributed by atoms with Crippen molar-refractivity contribution in [1.29, 1.82) is 0 Å². The highest BCUT2D eigenvalue weighted by Gasteiger charge is 2.13. The molecule has 0 spiro atoms. The number of hydrogen-bond donors (Lipinski definition) is 1. The molecule has 4 rings (SSSR count). The van der Waals surface area contributed by atoms with Gasteiger partial charge in [0.2, 0.25) is 5.95 Å². The summed E-state index contributed by atoms with van der Waals surface area (Å²) in [5.74, 6) is 0.556.